The van der Waals surface area contributed by atoms with Crippen LogP contribution in [0.1, 0.15) is 36.0 Å². The van der Waals surface area contributed by atoms with Crippen molar-refractivity contribution < 1.29 is 27.8 Å². The number of ether oxygens (including phenoxy) is 2. The Labute approximate surface area is 168 Å². The third-order valence-electron chi connectivity index (χ3n) is 5.52. The molecular formula is C20H27F2N3O4. The molecule has 0 spiro atoms. The first-order valence-electron chi connectivity index (χ1n) is 9.91. The Morgan fingerprint density at radius 3 is 2.45 bits per heavy atom. The lowest BCUT2D eigenvalue weighted by Gasteiger charge is -2.36. The highest BCUT2D eigenvalue weighted by atomic mass is 19.3. The normalized spacial score (nSPS) is 18.1. The number of piperidine rings is 1. The van der Waals surface area contributed by atoms with E-state index in [2.05, 4.69) is 15.0 Å². The van der Waals surface area contributed by atoms with Gasteiger partial charge in [-0.15, -0.1) is 0 Å². The van der Waals surface area contributed by atoms with Crippen molar-refractivity contribution in [3.8, 4) is 11.5 Å². The summed E-state index contributed by atoms with van der Waals surface area (Å²) in [5, 5.41) is 2.59. The summed E-state index contributed by atoms with van der Waals surface area (Å²) in [6, 6.07) is 4.45. The number of methoxy groups -OCH3 is 1. The van der Waals surface area contributed by atoms with Crippen molar-refractivity contribution in [1.82, 2.24) is 15.1 Å². The van der Waals surface area contributed by atoms with Crippen molar-refractivity contribution in [2.45, 2.75) is 38.3 Å². The average molecular weight is 411 g/mol. The molecule has 2 amide bonds. The Balaban J connectivity index is 1.48. The number of likely N-dealkylation sites (tertiary alicyclic amines) is 2. The largest absolute Gasteiger partial charge is 0.493 e. The molecule has 7 nitrogen and oxygen atoms in total. The number of nitrogens with one attached hydrogen (secondary N) is 1. The van der Waals surface area contributed by atoms with Crippen LogP contribution < -0.4 is 14.8 Å². The van der Waals surface area contributed by atoms with Crippen molar-refractivity contribution in [3.63, 3.8) is 0 Å². The molecule has 2 aliphatic rings. The average Bonchev–Trinajstić information content (AvgIpc) is 3.26. The third kappa shape index (κ3) is 5.56. The molecule has 2 heterocycles. The van der Waals surface area contributed by atoms with E-state index >= 15 is 0 Å². The van der Waals surface area contributed by atoms with Crippen LogP contribution in [0.5, 0.6) is 11.5 Å². The lowest BCUT2D eigenvalue weighted by molar-refractivity contribution is -0.131. The molecule has 0 radical (unpaired) electrons. The van der Waals surface area contributed by atoms with E-state index in [-0.39, 0.29) is 29.5 Å². The Bertz CT molecular complexity index is 718. The molecule has 160 valence electrons. The molecule has 0 atom stereocenters. The Morgan fingerprint density at radius 1 is 1.14 bits per heavy atom. The van der Waals surface area contributed by atoms with Gasteiger partial charge < -0.3 is 24.6 Å². The summed E-state index contributed by atoms with van der Waals surface area (Å²) in [7, 11) is 1.30. The van der Waals surface area contributed by atoms with Crippen LogP contribution in [-0.4, -0.2) is 74.1 Å². The van der Waals surface area contributed by atoms with Gasteiger partial charge in [0, 0.05) is 24.7 Å². The molecule has 0 saturated carbocycles. The Morgan fingerprint density at radius 2 is 1.83 bits per heavy atom. The molecule has 3 rings (SSSR count). The summed E-state index contributed by atoms with van der Waals surface area (Å²) in [6.07, 6.45) is 4.43. The molecule has 2 fully saturated rings. The molecule has 1 N–H and O–H groups in total. The maximum absolute atomic E-state index is 12.4. The van der Waals surface area contributed by atoms with Crippen molar-refractivity contribution in [2.75, 3.05) is 39.8 Å². The van der Waals surface area contributed by atoms with E-state index in [9.17, 15) is 18.4 Å². The monoisotopic (exact) mass is 411 g/mol. The van der Waals surface area contributed by atoms with Crippen molar-refractivity contribution in [3.05, 3.63) is 23.8 Å². The quantitative estimate of drug-likeness (QED) is 0.744. The van der Waals surface area contributed by atoms with Crippen LogP contribution in [0.2, 0.25) is 0 Å². The maximum Gasteiger partial charge on any atom is 0.387 e. The minimum absolute atomic E-state index is 0.0215. The minimum atomic E-state index is -2.99. The van der Waals surface area contributed by atoms with Crippen LogP contribution in [0.25, 0.3) is 0 Å². The van der Waals surface area contributed by atoms with Crippen LogP contribution in [0, 0.1) is 0 Å². The zero-order valence-corrected chi connectivity index (χ0v) is 16.5. The standard InChI is InChI=1S/C20H27F2N3O4/c1-28-17-12-14(4-5-16(17)29-20(21)22)19(27)23-13-18(26)25-10-6-15(7-11-25)24-8-2-3-9-24/h4-5,12,15,20H,2-3,6-11,13H2,1H3,(H,23,27). The molecule has 0 unspecified atom stereocenters. The first kappa shape index (κ1) is 21.3. The number of carbonyl (C=O) groups excluding carboxylic acids is 2. The second-order valence-electron chi connectivity index (χ2n) is 7.28. The number of amides is 2. The van der Waals surface area contributed by atoms with Crippen molar-refractivity contribution in [2.24, 2.45) is 0 Å². The van der Waals surface area contributed by atoms with Gasteiger partial charge in [-0.05, 0) is 57.0 Å². The molecular weight excluding hydrogens is 384 g/mol. The van der Waals surface area contributed by atoms with E-state index in [1.54, 1.807) is 4.90 Å². The number of rotatable bonds is 7. The molecule has 29 heavy (non-hydrogen) atoms. The van der Waals surface area contributed by atoms with Gasteiger partial charge >= 0.3 is 6.61 Å². The van der Waals surface area contributed by atoms with Crippen molar-refractivity contribution >= 4 is 11.8 Å². The fourth-order valence-electron chi connectivity index (χ4n) is 3.96. The lowest BCUT2D eigenvalue weighted by atomic mass is 10.0. The van der Waals surface area contributed by atoms with E-state index in [4.69, 9.17) is 4.74 Å². The summed E-state index contributed by atoms with van der Waals surface area (Å²) in [4.78, 5) is 29.1. The summed E-state index contributed by atoms with van der Waals surface area (Å²) in [6.45, 7) is 0.603. The zero-order chi connectivity index (χ0) is 20.8. The Hall–Kier alpha value is -2.42. The lowest BCUT2D eigenvalue weighted by Crippen LogP contribution is -2.48. The highest BCUT2D eigenvalue weighted by Gasteiger charge is 2.28. The van der Waals surface area contributed by atoms with Crippen LogP contribution in [0.3, 0.4) is 0 Å². The molecule has 2 saturated heterocycles. The van der Waals surface area contributed by atoms with Crippen LogP contribution in [0.15, 0.2) is 18.2 Å². The van der Waals surface area contributed by atoms with Gasteiger partial charge in [-0.3, -0.25) is 9.59 Å². The highest BCUT2D eigenvalue weighted by molar-refractivity contribution is 5.97. The molecule has 1 aromatic carbocycles. The van der Waals surface area contributed by atoms with E-state index in [0.717, 1.165) is 25.9 Å². The maximum atomic E-state index is 12.4. The van der Waals surface area contributed by atoms with E-state index in [1.165, 1.54) is 38.2 Å². The first-order valence-corrected chi connectivity index (χ1v) is 9.91. The minimum Gasteiger partial charge on any atom is -0.493 e. The second-order valence-corrected chi connectivity index (χ2v) is 7.28. The molecule has 9 heteroatoms. The van der Waals surface area contributed by atoms with E-state index in [0.29, 0.717) is 19.1 Å². The van der Waals surface area contributed by atoms with Gasteiger partial charge in [0.25, 0.3) is 5.91 Å². The van der Waals surface area contributed by atoms with E-state index < -0.39 is 12.5 Å². The summed E-state index contributed by atoms with van der Waals surface area (Å²) < 4.78 is 34.1. The van der Waals surface area contributed by atoms with Gasteiger partial charge in [-0.2, -0.15) is 8.78 Å². The van der Waals surface area contributed by atoms with Crippen molar-refractivity contribution in [1.29, 1.82) is 0 Å². The van der Waals surface area contributed by atoms with Gasteiger partial charge in [0.1, 0.15) is 0 Å². The molecule has 1 aromatic rings. The number of hydrogen-bond donors (Lipinski definition) is 1. The SMILES string of the molecule is COc1cc(C(=O)NCC(=O)N2CCC(N3CCCC3)CC2)ccc1OC(F)F. The topological polar surface area (TPSA) is 71.1 Å². The third-order valence-corrected chi connectivity index (χ3v) is 5.52. The van der Waals surface area contributed by atoms with Gasteiger partial charge in [-0.1, -0.05) is 0 Å². The predicted molar refractivity (Wildman–Crippen MR) is 102 cm³/mol. The smallest absolute Gasteiger partial charge is 0.387 e. The second kappa shape index (κ2) is 9.87. The number of hydrogen-bond acceptors (Lipinski definition) is 5. The number of nitrogens with zero attached hydrogens (tertiary/aromatic N) is 2. The molecule has 2 aliphatic heterocycles. The van der Waals surface area contributed by atoms with Crippen LogP contribution >= 0.6 is 0 Å². The van der Waals surface area contributed by atoms with Gasteiger partial charge in [0.2, 0.25) is 5.91 Å². The van der Waals surface area contributed by atoms with Gasteiger partial charge in [0.15, 0.2) is 11.5 Å². The predicted octanol–water partition coefficient (Wildman–Crippen LogP) is 2.11. The van der Waals surface area contributed by atoms with Gasteiger partial charge in [-0.25, -0.2) is 0 Å². The number of carbonyl (C=O) groups is 2. The summed E-state index contributed by atoms with van der Waals surface area (Å²) >= 11 is 0. The molecule has 0 aliphatic carbocycles. The highest BCUT2D eigenvalue weighted by Crippen LogP contribution is 2.29. The molecule has 0 bridgehead atoms. The number of benzene rings is 1. The summed E-state index contributed by atoms with van der Waals surface area (Å²) in [5.41, 5.74) is 0.198. The van der Waals surface area contributed by atoms with Crippen LogP contribution in [0.4, 0.5) is 8.78 Å². The Kier molecular flexibility index (Phi) is 7.24. The molecule has 0 aromatic heterocycles. The number of alkyl halides is 2. The van der Waals surface area contributed by atoms with E-state index in [1.807, 2.05) is 0 Å². The fourth-order valence-corrected chi connectivity index (χ4v) is 3.96. The summed E-state index contributed by atoms with van der Waals surface area (Å²) in [5.74, 6) is -0.737. The fraction of sp³-hybridized carbons (Fsp3) is 0.600. The van der Waals surface area contributed by atoms with Gasteiger partial charge in [0.05, 0.1) is 13.7 Å². The zero-order valence-electron chi connectivity index (χ0n) is 16.5. The first-order chi connectivity index (χ1) is 14.0. The van der Waals surface area contributed by atoms with Crippen LogP contribution in [-0.2, 0) is 4.79 Å². The number of halogens is 2.